The number of rotatable bonds is 4. The molecule has 0 saturated carbocycles. The maximum Gasteiger partial charge on any atom is 0.387 e. The average Bonchev–Trinajstić information content (AvgIpc) is 2.91. The van der Waals surface area contributed by atoms with Crippen LogP contribution in [-0.4, -0.2) is 36.0 Å². The lowest BCUT2D eigenvalue weighted by atomic mass is 10.1. The number of ether oxygens (including phenoxy) is 1. The Morgan fingerprint density at radius 2 is 2.22 bits per heavy atom. The zero-order valence-electron chi connectivity index (χ0n) is 11.9. The molecular weight excluding hydrogens is 308 g/mol. The number of hydrogen-bond donors (Lipinski definition) is 2. The quantitative estimate of drug-likeness (QED) is 0.893. The van der Waals surface area contributed by atoms with E-state index in [2.05, 4.69) is 20.4 Å². The topological polar surface area (TPSA) is 80.3 Å². The van der Waals surface area contributed by atoms with E-state index < -0.39 is 18.6 Å². The van der Waals surface area contributed by atoms with E-state index in [1.807, 2.05) is 0 Å². The SMILES string of the molecule is O=C(NC1CCNC1=O)c1cnc2cc(OC(F)F)ccc2c1. The van der Waals surface area contributed by atoms with Gasteiger partial charge in [-0.25, -0.2) is 0 Å². The summed E-state index contributed by atoms with van der Waals surface area (Å²) >= 11 is 0. The molecule has 1 aromatic heterocycles. The van der Waals surface area contributed by atoms with Crippen LogP contribution in [0, 0.1) is 0 Å². The fraction of sp³-hybridized carbons (Fsp3) is 0.267. The third kappa shape index (κ3) is 3.36. The lowest BCUT2D eigenvalue weighted by Crippen LogP contribution is -2.40. The molecule has 1 fully saturated rings. The Bertz CT molecular complexity index is 767. The van der Waals surface area contributed by atoms with Crippen molar-refractivity contribution in [2.24, 2.45) is 0 Å². The summed E-state index contributed by atoms with van der Waals surface area (Å²) in [6.07, 6.45) is 1.87. The van der Waals surface area contributed by atoms with Gasteiger partial charge in [0, 0.05) is 24.2 Å². The van der Waals surface area contributed by atoms with Crippen LogP contribution in [0.25, 0.3) is 10.9 Å². The van der Waals surface area contributed by atoms with Gasteiger partial charge in [-0.2, -0.15) is 8.78 Å². The second-order valence-electron chi connectivity index (χ2n) is 5.06. The van der Waals surface area contributed by atoms with Crippen LogP contribution in [0.1, 0.15) is 16.8 Å². The van der Waals surface area contributed by atoms with Gasteiger partial charge in [0.15, 0.2) is 0 Å². The van der Waals surface area contributed by atoms with Crippen molar-refractivity contribution in [3.8, 4) is 5.75 Å². The molecule has 0 spiro atoms. The maximum absolute atomic E-state index is 12.2. The van der Waals surface area contributed by atoms with E-state index in [9.17, 15) is 18.4 Å². The van der Waals surface area contributed by atoms with E-state index in [1.165, 1.54) is 18.3 Å². The fourth-order valence-electron chi connectivity index (χ4n) is 2.37. The number of pyridine rings is 1. The monoisotopic (exact) mass is 321 g/mol. The van der Waals surface area contributed by atoms with Crippen LogP contribution >= 0.6 is 0 Å². The Morgan fingerprint density at radius 1 is 1.39 bits per heavy atom. The van der Waals surface area contributed by atoms with Gasteiger partial charge in [-0.15, -0.1) is 0 Å². The van der Waals surface area contributed by atoms with Crippen LogP contribution in [-0.2, 0) is 4.79 Å². The summed E-state index contributed by atoms with van der Waals surface area (Å²) in [6.45, 7) is -2.37. The minimum Gasteiger partial charge on any atom is -0.435 e. The second kappa shape index (κ2) is 6.15. The molecule has 2 N–H and O–H groups in total. The number of nitrogens with zero attached hydrogens (tertiary/aromatic N) is 1. The van der Waals surface area contributed by atoms with Gasteiger partial charge in [0.1, 0.15) is 11.8 Å². The van der Waals surface area contributed by atoms with Crippen LogP contribution in [0.4, 0.5) is 8.78 Å². The Kier molecular flexibility index (Phi) is 4.05. The molecule has 8 heteroatoms. The number of carbonyl (C=O) groups excluding carboxylic acids is 2. The number of amides is 2. The summed E-state index contributed by atoms with van der Waals surface area (Å²) in [7, 11) is 0. The molecule has 1 aliphatic rings. The van der Waals surface area contributed by atoms with Crippen LogP contribution in [0.15, 0.2) is 30.5 Å². The predicted molar refractivity (Wildman–Crippen MR) is 77.3 cm³/mol. The molecule has 0 bridgehead atoms. The van der Waals surface area contributed by atoms with E-state index in [1.54, 1.807) is 12.1 Å². The summed E-state index contributed by atoms with van der Waals surface area (Å²) in [5.74, 6) is -0.616. The number of benzene rings is 1. The molecule has 120 valence electrons. The number of aromatic nitrogens is 1. The van der Waals surface area contributed by atoms with Gasteiger partial charge in [0.2, 0.25) is 5.91 Å². The second-order valence-corrected chi connectivity index (χ2v) is 5.06. The molecular formula is C15H13F2N3O3. The van der Waals surface area contributed by atoms with E-state index in [0.717, 1.165) is 0 Å². The molecule has 1 aliphatic heterocycles. The Hall–Kier alpha value is -2.77. The third-order valence-electron chi connectivity index (χ3n) is 3.50. The van der Waals surface area contributed by atoms with E-state index in [0.29, 0.717) is 29.4 Å². The van der Waals surface area contributed by atoms with Gasteiger partial charge in [-0.3, -0.25) is 14.6 Å². The van der Waals surface area contributed by atoms with Crippen molar-refractivity contribution < 1.29 is 23.1 Å². The summed E-state index contributed by atoms with van der Waals surface area (Å²) in [5.41, 5.74) is 0.720. The van der Waals surface area contributed by atoms with Crippen LogP contribution in [0.3, 0.4) is 0 Å². The first-order chi connectivity index (χ1) is 11.0. The molecule has 3 rings (SSSR count). The van der Waals surface area contributed by atoms with Crippen molar-refractivity contribution in [3.05, 3.63) is 36.0 Å². The smallest absolute Gasteiger partial charge is 0.387 e. The van der Waals surface area contributed by atoms with E-state index >= 15 is 0 Å². The minimum absolute atomic E-state index is 0.000159. The summed E-state index contributed by atoms with van der Waals surface area (Å²) in [6, 6.07) is 5.33. The number of fused-ring (bicyclic) bond motifs is 1. The van der Waals surface area contributed by atoms with Gasteiger partial charge in [0.05, 0.1) is 11.1 Å². The lowest BCUT2D eigenvalue weighted by molar-refractivity contribution is -0.120. The van der Waals surface area contributed by atoms with Crippen LogP contribution in [0.2, 0.25) is 0 Å². The zero-order valence-corrected chi connectivity index (χ0v) is 11.9. The highest BCUT2D eigenvalue weighted by Gasteiger charge is 2.26. The van der Waals surface area contributed by atoms with Crippen molar-refractivity contribution in [1.82, 2.24) is 15.6 Å². The highest BCUT2D eigenvalue weighted by Crippen LogP contribution is 2.21. The Labute approximate surface area is 129 Å². The standard InChI is InChI=1S/C15H13F2N3O3/c16-15(17)23-10-2-1-8-5-9(7-19-12(8)6-10)13(21)20-11-3-4-18-14(11)22/h1-2,5-7,11,15H,3-4H2,(H,18,22)(H,20,21). The van der Waals surface area contributed by atoms with E-state index in [-0.39, 0.29) is 11.7 Å². The van der Waals surface area contributed by atoms with Gasteiger partial charge < -0.3 is 15.4 Å². The van der Waals surface area contributed by atoms with Crippen LogP contribution < -0.4 is 15.4 Å². The molecule has 2 heterocycles. The largest absolute Gasteiger partial charge is 0.435 e. The zero-order chi connectivity index (χ0) is 16.4. The maximum atomic E-state index is 12.2. The Morgan fingerprint density at radius 3 is 2.91 bits per heavy atom. The normalized spacial score (nSPS) is 17.3. The van der Waals surface area contributed by atoms with Crippen molar-refractivity contribution >= 4 is 22.7 Å². The van der Waals surface area contributed by atoms with Crippen molar-refractivity contribution in [2.45, 2.75) is 19.1 Å². The molecule has 23 heavy (non-hydrogen) atoms. The molecule has 1 unspecified atom stereocenters. The molecule has 1 atom stereocenters. The predicted octanol–water partition coefficient (Wildman–Crippen LogP) is 1.45. The number of hydrogen-bond acceptors (Lipinski definition) is 4. The van der Waals surface area contributed by atoms with E-state index in [4.69, 9.17) is 0 Å². The summed E-state index contributed by atoms with van der Waals surface area (Å²) in [4.78, 5) is 27.7. The average molecular weight is 321 g/mol. The number of carbonyl (C=O) groups is 2. The first-order valence-corrected chi connectivity index (χ1v) is 6.96. The fourth-order valence-corrected chi connectivity index (χ4v) is 2.37. The summed E-state index contributed by atoms with van der Waals surface area (Å²) in [5, 5.41) is 5.87. The molecule has 2 aromatic rings. The van der Waals surface area contributed by atoms with Crippen molar-refractivity contribution in [2.75, 3.05) is 6.54 Å². The Balaban J connectivity index is 1.79. The molecule has 1 aromatic carbocycles. The van der Waals surface area contributed by atoms with Gasteiger partial charge >= 0.3 is 6.61 Å². The third-order valence-corrected chi connectivity index (χ3v) is 3.50. The molecule has 1 saturated heterocycles. The van der Waals surface area contributed by atoms with Gasteiger partial charge in [-0.1, -0.05) is 0 Å². The molecule has 6 nitrogen and oxygen atoms in total. The van der Waals surface area contributed by atoms with Crippen molar-refractivity contribution in [1.29, 1.82) is 0 Å². The molecule has 2 amide bonds. The number of alkyl halides is 2. The summed E-state index contributed by atoms with van der Waals surface area (Å²) < 4.78 is 28.7. The number of halogens is 2. The minimum atomic E-state index is -2.91. The first kappa shape index (κ1) is 15.1. The highest BCUT2D eigenvalue weighted by atomic mass is 19.3. The molecule has 0 radical (unpaired) electrons. The van der Waals surface area contributed by atoms with Gasteiger partial charge in [-0.05, 0) is 24.6 Å². The lowest BCUT2D eigenvalue weighted by Gasteiger charge is -2.10. The molecule has 0 aliphatic carbocycles. The number of nitrogens with one attached hydrogen (secondary N) is 2. The highest BCUT2D eigenvalue weighted by molar-refractivity contribution is 6.00. The van der Waals surface area contributed by atoms with Crippen LogP contribution in [0.5, 0.6) is 5.75 Å². The first-order valence-electron chi connectivity index (χ1n) is 6.96. The van der Waals surface area contributed by atoms with Crippen molar-refractivity contribution in [3.63, 3.8) is 0 Å². The van der Waals surface area contributed by atoms with Gasteiger partial charge in [0.25, 0.3) is 5.91 Å².